The van der Waals surface area contributed by atoms with Crippen molar-refractivity contribution in [3.8, 4) is 5.75 Å². The Morgan fingerprint density at radius 3 is 2.84 bits per heavy atom. The predicted molar refractivity (Wildman–Crippen MR) is 103 cm³/mol. The second-order valence-electron chi connectivity index (χ2n) is 6.59. The SMILES string of the molecule is Cc1ccc(C)c(OCCCS[C@H](C)C(=O)N[C@H]2CCS(=O)(=O)C2)c1. The van der Waals surface area contributed by atoms with Gasteiger partial charge >= 0.3 is 0 Å². The number of thioether (sulfide) groups is 1. The highest BCUT2D eigenvalue weighted by atomic mass is 32.2. The molecule has 0 radical (unpaired) electrons. The third-order valence-electron chi connectivity index (χ3n) is 4.21. The lowest BCUT2D eigenvalue weighted by Gasteiger charge is -2.16. The van der Waals surface area contributed by atoms with Crippen LogP contribution in [-0.4, -0.2) is 49.5 Å². The molecule has 0 aromatic heterocycles. The molecule has 1 heterocycles. The first-order chi connectivity index (χ1) is 11.8. The molecular weight excluding hydrogens is 358 g/mol. The molecule has 0 spiro atoms. The van der Waals surface area contributed by atoms with E-state index in [9.17, 15) is 13.2 Å². The molecule has 1 aliphatic heterocycles. The van der Waals surface area contributed by atoms with Crippen molar-refractivity contribution in [2.45, 2.75) is 44.9 Å². The summed E-state index contributed by atoms with van der Waals surface area (Å²) in [5.74, 6) is 1.90. The van der Waals surface area contributed by atoms with E-state index in [1.807, 2.05) is 26.8 Å². The molecule has 2 rings (SSSR count). The molecule has 0 unspecified atom stereocenters. The van der Waals surface area contributed by atoms with Gasteiger partial charge in [0.15, 0.2) is 9.84 Å². The van der Waals surface area contributed by atoms with E-state index < -0.39 is 9.84 Å². The van der Waals surface area contributed by atoms with E-state index in [2.05, 4.69) is 17.4 Å². The van der Waals surface area contributed by atoms with Crippen molar-refractivity contribution in [3.05, 3.63) is 29.3 Å². The van der Waals surface area contributed by atoms with Crippen LogP contribution in [0.3, 0.4) is 0 Å². The minimum absolute atomic E-state index is 0.0693. The number of nitrogens with one attached hydrogen (secondary N) is 1. The van der Waals surface area contributed by atoms with Crippen LogP contribution in [0.15, 0.2) is 18.2 Å². The van der Waals surface area contributed by atoms with Gasteiger partial charge in [-0.25, -0.2) is 8.42 Å². The number of benzene rings is 1. The monoisotopic (exact) mass is 385 g/mol. The molecule has 1 aliphatic rings. The second kappa shape index (κ2) is 8.94. The van der Waals surface area contributed by atoms with Gasteiger partial charge < -0.3 is 10.1 Å². The summed E-state index contributed by atoms with van der Waals surface area (Å²) in [6.45, 7) is 6.54. The zero-order chi connectivity index (χ0) is 18.4. The van der Waals surface area contributed by atoms with Gasteiger partial charge in [-0.2, -0.15) is 0 Å². The van der Waals surface area contributed by atoms with Gasteiger partial charge in [-0.15, -0.1) is 11.8 Å². The summed E-state index contributed by atoms with van der Waals surface area (Å²) in [4.78, 5) is 12.1. The van der Waals surface area contributed by atoms with Crippen LogP contribution in [-0.2, 0) is 14.6 Å². The predicted octanol–water partition coefficient (Wildman–Crippen LogP) is 2.50. The molecule has 1 aromatic rings. The largest absolute Gasteiger partial charge is 0.493 e. The van der Waals surface area contributed by atoms with Crippen LogP contribution in [0.2, 0.25) is 0 Å². The number of hydrogen-bond donors (Lipinski definition) is 1. The van der Waals surface area contributed by atoms with Crippen molar-refractivity contribution in [2.75, 3.05) is 23.9 Å². The maximum atomic E-state index is 12.1. The third-order valence-corrected chi connectivity index (χ3v) is 7.21. The van der Waals surface area contributed by atoms with Crippen molar-refractivity contribution in [3.63, 3.8) is 0 Å². The van der Waals surface area contributed by atoms with Gasteiger partial charge in [0.25, 0.3) is 0 Å². The highest BCUT2D eigenvalue weighted by Gasteiger charge is 2.29. The third kappa shape index (κ3) is 6.55. The Morgan fingerprint density at radius 2 is 2.16 bits per heavy atom. The fourth-order valence-corrected chi connectivity index (χ4v) is 5.20. The maximum Gasteiger partial charge on any atom is 0.233 e. The number of sulfone groups is 1. The molecule has 5 nitrogen and oxygen atoms in total. The summed E-state index contributed by atoms with van der Waals surface area (Å²) in [5, 5.41) is 2.65. The van der Waals surface area contributed by atoms with E-state index in [-0.39, 0.29) is 28.7 Å². The van der Waals surface area contributed by atoms with Gasteiger partial charge in [0.2, 0.25) is 5.91 Å². The minimum Gasteiger partial charge on any atom is -0.493 e. The van der Waals surface area contributed by atoms with Crippen LogP contribution in [0.4, 0.5) is 0 Å². The van der Waals surface area contributed by atoms with E-state index in [1.54, 1.807) is 11.8 Å². The van der Waals surface area contributed by atoms with Crippen molar-refractivity contribution in [1.29, 1.82) is 0 Å². The van der Waals surface area contributed by atoms with Crippen molar-refractivity contribution in [1.82, 2.24) is 5.32 Å². The Bertz CT molecular complexity index is 703. The van der Waals surface area contributed by atoms with Gasteiger partial charge in [-0.05, 0) is 56.6 Å². The Kier molecular flexibility index (Phi) is 7.19. The number of amides is 1. The summed E-state index contributed by atoms with van der Waals surface area (Å²) in [6.07, 6.45) is 1.38. The van der Waals surface area contributed by atoms with E-state index in [4.69, 9.17) is 4.74 Å². The molecule has 0 saturated carbocycles. The summed E-state index contributed by atoms with van der Waals surface area (Å²) in [5.41, 5.74) is 2.30. The molecule has 7 heteroatoms. The van der Waals surface area contributed by atoms with Crippen molar-refractivity contribution < 1.29 is 17.9 Å². The fourth-order valence-electron chi connectivity index (χ4n) is 2.67. The van der Waals surface area contributed by atoms with E-state index >= 15 is 0 Å². The Hall–Kier alpha value is -1.21. The first-order valence-corrected chi connectivity index (χ1v) is 11.5. The lowest BCUT2D eigenvalue weighted by atomic mass is 10.1. The Labute approximate surface area is 154 Å². The van der Waals surface area contributed by atoms with Crippen LogP contribution in [0.1, 0.15) is 30.9 Å². The standard InChI is InChI=1S/C18H27NO4S2/c1-13-5-6-14(2)17(11-13)23-8-4-9-24-15(3)18(20)19-16-7-10-25(21,22)12-16/h5-6,11,15-16H,4,7-10,12H2,1-3H3,(H,19,20)/t15-,16+/m1/s1. The maximum absolute atomic E-state index is 12.1. The number of ether oxygens (including phenoxy) is 1. The first-order valence-electron chi connectivity index (χ1n) is 8.59. The van der Waals surface area contributed by atoms with Gasteiger partial charge in [0.1, 0.15) is 5.75 Å². The molecule has 1 saturated heterocycles. The average molecular weight is 386 g/mol. The quantitative estimate of drug-likeness (QED) is 0.696. The average Bonchev–Trinajstić information content (AvgIpc) is 2.88. The summed E-state index contributed by atoms with van der Waals surface area (Å²) >= 11 is 1.57. The normalized spacial score (nSPS) is 20.2. The summed E-state index contributed by atoms with van der Waals surface area (Å²) in [7, 11) is -2.96. The lowest BCUT2D eigenvalue weighted by Crippen LogP contribution is -2.40. The van der Waals surface area contributed by atoms with Crippen LogP contribution < -0.4 is 10.1 Å². The van der Waals surface area contributed by atoms with Crippen LogP contribution in [0.5, 0.6) is 5.75 Å². The molecule has 1 aromatic carbocycles. The Balaban J connectivity index is 1.64. The van der Waals surface area contributed by atoms with E-state index in [0.717, 1.165) is 23.5 Å². The summed E-state index contributed by atoms with van der Waals surface area (Å²) in [6, 6.07) is 5.92. The number of carbonyl (C=O) groups is 1. The van der Waals surface area contributed by atoms with Crippen molar-refractivity contribution >= 4 is 27.5 Å². The smallest absolute Gasteiger partial charge is 0.233 e. The number of hydrogen-bond acceptors (Lipinski definition) is 5. The zero-order valence-electron chi connectivity index (χ0n) is 15.1. The first kappa shape index (κ1) is 20.1. The molecule has 1 amide bonds. The zero-order valence-corrected chi connectivity index (χ0v) is 16.7. The highest BCUT2D eigenvalue weighted by molar-refractivity contribution is 8.00. The van der Waals surface area contributed by atoms with Crippen LogP contribution >= 0.6 is 11.8 Å². The molecular formula is C18H27NO4S2. The second-order valence-corrected chi connectivity index (χ2v) is 10.3. The molecule has 0 aliphatic carbocycles. The van der Waals surface area contributed by atoms with Crippen LogP contribution in [0, 0.1) is 13.8 Å². The molecule has 1 N–H and O–H groups in total. The van der Waals surface area contributed by atoms with Gasteiger partial charge in [0, 0.05) is 6.04 Å². The minimum atomic E-state index is -2.96. The lowest BCUT2D eigenvalue weighted by molar-refractivity contribution is -0.120. The van der Waals surface area contributed by atoms with Crippen LogP contribution in [0.25, 0.3) is 0 Å². The van der Waals surface area contributed by atoms with Crippen molar-refractivity contribution in [2.24, 2.45) is 0 Å². The molecule has 140 valence electrons. The topological polar surface area (TPSA) is 72.5 Å². The number of rotatable bonds is 8. The van der Waals surface area contributed by atoms with E-state index in [1.165, 1.54) is 5.56 Å². The number of carbonyl (C=O) groups excluding carboxylic acids is 1. The summed E-state index contributed by atoms with van der Waals surface area (Å²) < 4.78 is 28.7. The fraction of sp³-hybridized carbons (Fsp3) is 0.611. The Morgan fingerprint density at radius 1 is 1.40 bits per heavy atom. The number of aryl methyl sites for hydroxylation is 2. The molecule has 2 atom stereocenters. The highest BCUT2D eigenvalue weighted by Crippen LogP contribution is 2.20. The van der Waals surface area contributed by atoms with Gasteiger partial charge in [0.05, 0.1) is 23.4 Å². The van der Waals surface area contributed by atoms with Gasteiger partial charge in [-0.1, -0.05) is 12.1 Å². The molecule has 0 bridgehead atoms. The molecule has 1 fully saturated rings. The molecule has 25 heavy (non-hydrogen) atoms. The van der Waals surface area contributed by atoms with E-state index in [0.29, 0.717) is 13.0 Å². The van der Waals surface area contributed by atoms with Gasteiger partial charge in [-0.3, -0.25) is 4.79 Å².